The number of piperazine rings is 1. The van der Waals surface area contributed by atoms with Crippen molar-refractivity contribution in [3.63, 3.8) is 0 Å². The fraction of sp³-hybridized carbons (Fsp3) is 0.500. The normalized spacial score (nSPS) is 18.2. The number of phenolic OH excluding ortho intramolecular Hbond substituents is 1. The van der Waals surface area contributed by atoms with Crippen molar-refractivity contribution < 1.29 is 5.11 Å². The van der Waals surface area contributed by atoms with E-state index < -0.39 is 0 Å². The third-order valence-electron chi connectivity index (χ3n) is 3.78. The Bertz CT molecular complexity index is 425. The van der Waals surface area contributed by atoms with Gasteiger partial charge in [-0.25, -0.2) is 0 Å². The number of hydrogen-bond donors (Lipinski definition) is 2. The highest BCUT2D eigenvalue weighted by molar-refractivity contribution is 5.38. The molecule has 1 saturated heterocycles. The Hall–Kier alpha value is -1.32. The van der Waals surface area contributed by atoms with E-state index in [4.69, 9.17) is 0 Å². The number of aryl methyl sites for hydroxylation is 1. The summed E-state index contributed by atoms with van der Waals surface area (Å²) in [7, 11) is 0. The van der Waals surface area contributed by atoms with Crippen LogP contribution in [0.5, 0.6) is 5.75 Å². The highest BCUT2D eigenvalue weighted by Crippen LogP contribution is 2.33. The molecule has 0 amide bonds. The molecule has 1 aliphatic rings. The second kappa shape index (κ2) is 6.73. The summed E-state index contributed by atoms with van der Waals surface area (Å²) >= 11 is 0. The van der Waals surface area contributed by atoms with Crippen molar-refractivity contribution in [1.29, 1.82) is 0 Å². The van der Waals surface area contributed by atoms with Gasteiger partial charge in [0, 0.05) is 37.8 Å². The van der Waals surface area contributed by atoms with E-state index in [1.165, 1.54) is 5.56 Å². The average Bonchev–Trinajstić information content (AvgIpc) is 2.44. The van der Waals surface area contributed by atoms with Crippen LogP contribution < -0.4 is 5.32 Å². The van der Waals surface area contributed by atoms with Crippen molar-refractivity contribution in [2.75, 3.05) is 26.2 Å². The third kappa shape index (κ3) is 3.58. The van der Waals surface area contributed by atoms with E-state index in [-0.39, 0.29) is 0 Å². The lowest BCUT2D eigenvalue weighted by molar-refractivity contribution is 0.163. The molecule has 1 fully saturated rings. The van der Waals surface area contributed by atoms with E-state index >= 15 is 0 Å². The summed E-state index contributed by atoms with van der Waals surface area (Å²) < 4.78 is 0. The highest BCUT2D eigenvalue weighted by atomic mass is 16.3. The molecular formula is C16H24N2O. The predicted molar refractivity (Wildman–Crippen MR) is 79.5 cm³/mol. The molecule has 19 heavy (non-hydrogen) atoms. The maximum absolute atomic E-state index is 10.2. The first-order valence-electron chi connectivity index (χ1n) is 7.07. The van der Waals surface area contributed by atoms with Crippen LogP contribution in [0, 0.1) is 6.92 Å². The Morgan fingerprint density at radius 3 is 2.84 bits per heavy atom. The van der Waals surface area contributed by atoms with Crippen molar-refractivity contribution in [2.45, 2.75) is 25.8 Å². The molecule has 0 unspecified atom stereocenters. The van der Waals surface area contributed by atoms with E-state index in [1.54, 1.807) is 0 Å². The first-order valence-corrected chi connectivity index (χ1v) is 7.07. The molecule has 1 heterocycles. The Balaban J connectivity index is 2.24. The number of aromatic hydroxyl groups is 1. The minimum atomic E-state index is 0.292. The van der Waals surface area contributed by atoms with Gasteiger partial charge in [-0.3, -0.25) is 4.90 Å². The lowest BCUT2D eigenvalue weighted by atomic mass is 9.97. The summed E-state index contributed by atoms with van der Waals surface area (Å²) in [6.07, 6.45) is 3.95. The van der Waals surface area contributed by atoms with Crippen molar-refractivity contribution in [3.05, 3.63) is 42.0 Å². The molecule has 3 nitrogen and oxygen atoms in total. The second-order valence-corrected chi connectivity index (χ2v) is 5.23. The molecule has 1 aromatic carbocycles. The number of allylic oxidation sites excluding steroid dienone is 1. The molecule has 1 aliphatic heterocycles. The zero-order valence-corrected chi connectivity index (χ0v) is 11.7. The summed E-state index contributed by atoms with van der Waals surface area (Å²) in [5, 5.41) is 13.5. The minimum Gasteiger partial charge on any atom is -0.508 e. The molecule has 3 heteroatoms. The maximum atomic E-state index is 10.2. The monoisotopic (exact) mass is 260 g/mol. The van der Waals surface area contributed by atoms with Gasteiger partial charge in [0.2, 0.25) is 0 Å². The molecule has 1 atom stereocenters. The summed E-state index contributed by atoms with van der Waals surface area (Å²) in [5.74, 6) is 0.415. The first kappa shape index (κ1) is 14.1. The largest absolute Gasteiger partial charge is 0.508 e. The SMILES string of the molecule is C=CCC[C@H](c1cc(C)ccc1O)N1CCNCC1. The zero-order valence-electron chi connectivity index (χ0n) is 11.7. The topological polar surface area (TPSA) is 35.5 Å². The van der Waals surface area contributed by atoms with Crippen LogP contribution in [0.15, 0.2) is 30.9 Å². The van der Waals surface area contributed by atoms with Crippen LogP contribution in [0.1, 0.15) is 30.0 Å². The van der Waals surface area contributed by atoms with Gasteiger partial charge in [-0.2, -0.15) is 0 Å². The summed E-state index contributed by atoms with van der Waals surface area (Å²) in [5.41, 5.74) is 2.26. The van der Waals surface area contributed by atoms with Crippen molar-refractivity contribution in [3.8, 4) is 5.75 Å². The molecule has 0 spiro atoms. The second-order valence-electron chi connectivity index (χ2n) is 5.23. The number of phenols is 1. The molecule has 2 rings (SSSR count). The van der Waals surface area contributed by atoms with E-state index in [0.717, 1.165) is 44.6 Å². The van der Waals surface area contributed by atoms with E-state index in [0.29, 0.717) is 11.8 Å². The van der Waals surface area contributed by atoms with Gasteiger partial charge < -0.3 is 10.4 Å². The third-order valence-corrected chi connectivity index (χ3v) is 3.78. The molecule has 2 N–H and O–H groups in total. The van der Waals surface area contributed by atoms with Crippen LogP contribution >= 0.6 is 0 Å². The van der Waals surface area contributed by atoms with E-state index in [9.17, 15) is 5.11 Å². The Morgan fingerprint density at radius 1 is 1.42 bits per heavy atom. The fourth-order valence-corrected chi connectivity index (χ4v) is 2.75. The van der Waals surface area contributed by atoms with Gasteiger partial charge in [0.05, 0.1) is 0 Å². The first-order chi connectivity index (χ1) is 9.22. The molecule has 0 bridgehead atoms. The van der Waals surface area contributed by atoms with E-state index in [2.05, 4.69) is 29.8 Å². The summed E-state index contributed by atoms with van der Waals surface area (Å²) in [6, 6.07) is 6.18. The van der Waals surface area contributed by atoms with Crippen LogP contribution in [0.3, 0.4) is 0 Å². The lowest BCUT2D eigenvalue weighted by Gasteiger charge is -2.35. The van der Waals surface area contributed by atoms with Crippen molar-refractivity contribution in [1.82, 2.24) is 10.2 Å². The number of nitrogens with zero attached hydrogens (tertiary/aromatic N) is 1. The number of nitrogens with one attached hydrogen (secondary N) is 1. The van der Waals surface area contributed by atoms with Crippen LogP contribution in [0.2, 0.25) is 0 Å². The van der Waals surface area contributed by atoms with Crippen molar-refractivity contribution >= 4 is 0 Å². The van der Waals surface area contributed by atoms with Gasteiger partial charge in [0.25, 0.3) is 0 Å². The Kier molecular flexibility index (Phi) is 5.00. The Morgan fingerprint density at radius 2 is 2.16 bits per heavy atom. The van der Waals surface area contributed by atoms with Gasteiger partial charge in [0.15, 0.2) is 0 Å². The quantitative estimate of drug-likeness (QED) is 0.799. The highest BCUT2D eigenvalue weighted by Gasteiger charge is 2.23. The predicted octanol–water partition coefficient (Wildman–Crippen LogP) is 2.61. The summed E-state index contributed by atoms with van der Waals surface area (Å²) in [4.78, 5) is 2.47. The standard InChI is InChI=1S/C16H24N2O/c1-3-4-5-15(18-10-8-17-9-11-18)14-12-13(2)6-7-16(14)19/h3,6-7,12,15,17,19H,1,4-5,8-11H2,2H3/t15-/m1/s1. The number of rotatable bonds is 5. The summed E-state index contributed by atoms with van der Waals surface area (Å²) in [6.45, 7) is 10.0. The van der Waals surface area contributed by atoms with Crippen LogP contribution in [-0.4, -0.2) is 36.2 Å². The van der Waals surface area contributed by atoms with Gasteiger partial charge in [-0.1, -0.05) is 23.8 Å². The van der Waals surface area contributed by atoms with Crippen molar-refractivity contribution in [2.24, 2.45) is 0 Å². The Labute approximate surface area is 115 Å². The maximum Gasteiger partial charge on any atom is 0.120 e. The lowest BCUT2D eigenvalue weighted by Crippen LogP contribution is -2.45. The molecule has 1 aromatic rings. The van der Waals surface area contributed by atoms with E-state index in [1.807, 2.05) is 18.2 Å². The number of benzene rings is 1. The van der Waals surface area contributed by atoms with Crippen LogP contribution in [0.25, 0.3) is 0 Å². The molecule has 0 radical (unpaired) electrons. The fourth-order valence-electron chi connectivity index (χ4n) is 2.75. The van der Waals surface area contributed by atoms with Gasteiger partial charge in [0.1, 0.15) is 5.75 Å². The smallest absolute Gasteiger partial charge is 0.120 e. The number of hydrogen-bond acceptors (Lipinski definition) is 3. The average molecular weight is 260 g/mol. The molecule has 0 aliphatic carbocycles. The van der Waals surface area contributed by atoms with Gasteiger partial charge in [-0.15, -0.1) is 6.58 Å². The zero-order chi connectivity index (χ0) is 13.7. The van der Waals surface area contributed by atoms with Gasteiger partial charge >= 0.3 is 0 Å². The van der Waals surface area contributed by atoms with Gasteiger partial charge in [-0.05, 0) is 25.8 Å². The molecule has 104 valence electrons. The molecule has 0 saturated carbocycles. The van der Waals surface area contributed by atoms with Crippen LogP contribution in [0.4, 0.5) is 0 Å². The van der Waals surface area contributed by atoms with Crippen LogP contribution in [-0.2, 0) is 0 Å². The molecule has 0 aromatic heterocycles. The minimum absolute atomic E-state index is 0.292. The molecular weight excluding hydrogens is 236 g/mol.